The Morgan fingerprint density at radius 1 is 1.17 bits per heavy atom. The van der Waals surface area contributed by atoms with Crippen LogP contribution in [0, 0.1) is 11.3 Å². The lowest BCUT2D eigenvalue weighted by molar-refractivity contribution is 0.272. The molecule has 5 nitrogen and oxygen atoms in total. The van der Waals surface area contributed by atoms with Crippen LogP contribution in [0.25, 0.3) is 0 Å². The van der Waals surface area contributed by atoms with Gasteiger partial charge in [0.2, 0.25) is 0 Å². The Labute approximate surface area is 142 Å². The quantitative estimate of drug-likeness (QED) is 0.835. The van der Waals surface area contributed by atoms with Crippen LogP contribution in [0.2, 0.25) is 0 Å². The van der Waals surface area contributed by atoms with E-state index in [1.54, 1.807) is 24.5 Å². The fourth-order valence-corrected chi connectivity index (χ4v) is 4.41. The summed E-state index contributed by atoms with van der Waals surface area (Å²) in [5.41, 5.74) is 1.66. The lowest BCUT2D eigenvalue weighted by atomic mass is 10.1. The zero-order valence-corrected chi connectivity index (χ0v) is 14.1. The molecule has 3 rings (SSSR count). The van der Waals surface area contributed by atoms with Crippen molar-refractivity contribution in [1.82, 2.24) is 9.88 Å². The summed E-state index contributed by atoms with van der Waals surface area (Å²) in [7, 11) is -3.34. The van der Waals surface area contributed by atoms with E-state index in [0.717, 1.165) is 19.4 Å². The molecule has 24 heavy (non-hydrogen) atoms. The van der Waals surface area contributed by atoms with E-state index in [0.29, 0.717) is 12.1 Å². The van der Waals surface area contributed by atoms with Gasteiger partial charge in [-0.15, -0.1) is 0 Å². The van der Waals surface area contributed by atoms with Crippen LogP contribution in [-0.4, -0.2) is 37.1 Å². The molecule has 6 heteroatoms. The van der Waals surface area contributed by atoms with Crippen LogP contribution < -0.4 is 0 Å². The molecule has 1 saturated heterocycles. The SMILES string of the molecule is N#Cc1ccc(S(=O)(=O)CCN2CCCC2c2ccncc2)cc1. The Morgan fingerprint density at radius 2 is 1.88 bits per heavy atom. The summed E-state index contributed by atoms with van der Waals surface area (Å²) in [5.74, 6) is 0.0838. The van der Waals surface area contributed by atoms with Crippen LogP contribution in [0.15, 0.2) is 53.7 Å². The van der Waals surface area contributed by atoms with Crippen LogP contribution in [0.3, 0.4) is 0 Å². The molecule has 0 N–H and O–H groups in total. The first kappa shape index (κ1) is 16.6. The molecule has 1 aromatic heterocycles. The van der Waals surface area contributed by atoms with Crippen molar-refractivity contribution in [3.8, 4) is 6.07 Å². The zero-order chi connectivity index (χ0) is 17.0. The highest BCUT2D eigenvalue weighted by atomic mass is 32.2. The van der Waals surface area contributed by atoms with Crippen molar-refractivity contribution in [2.24, 2.45) is 0 Å². The number of benzene rings is 1. The standard InChI is InChI=1S/C18H19N3O2S/c19-14-15-3-5-17(6-4-15)24(22,23)13-12-21-11-1-2-18(21)16-7-9-20-10-8-16/h3-10,18H,1-2,11-13H2. The Hall–Kier alpha value is -2.23. The first-order chi connectivity index (χ1) is 11.6. The smallest absolute Gasteiger partial charge is 0.179 e. The fourth-order valence-electron chi connectivity index (χ4n) is 3.15. The minimum Gasteiger partial charge on any atom is -0.295 e. The van der Waals surface area contributed by atoms with E-state index in [2.05, 4.69) is 9.88 Å². The van der Waals surface area contributed by atoms with E-state index in [9.17, 15) is 8.42 Å². The summed E-state index contributed by atoms with van der Waals surface area (Å²) in [6.07, 6.45) is 5.67. The molecule has 0 aliphatic carbocycles. The van der Waals surface area contributed by atoms with Crippen molar-refractivity contribution in [3.05, 3.63) is 59.9 Å². The molecule has 1 unspecified atom stereocenters. The van der Waals surface area contributed by atoms with Crippen molar-refractivity contribution in [1.29, 1.82) is 5.26 Å². The monoisotopic (exact) mass is 341 g/mol. The van der Waals surface area contributed by atoms with E-state index >= 15 is 0 Å². The molecule has 2 heterocycles. The van der Waals surface area contributed by atoms with Crippen molar-refractivity contribution >= 4 is 9.84 Å². The van der Waals surface area contributed by atoms with Crippen LogP contribution in [0.5, 0.6) is 0 Å². The largest absolute Gasteiger partial charge is 0.295 e. The van der Waals surface area contributed by atoms with Crippen LogP contribution in [0.4, 0.5) is 0 Å². The Morgan fingerprint density at radius 3 is 2.54 bits per heavy atom. The third-order valence-electron chi connectivity index (χ3n) is 4.44. The normalized spacial score (nSPS) is 18.4. The predicted molar refractivity (Wildman–Crippen MR) is 91.0 cm³/mol. The van der Waals surface area contributed by atoms with E-state index in [1.807, 2.05) is 18.2 Å². The summed E-state index contributed by atoms with van der Waals surface area (Å²) in [6.45, 7) is 1.42. The van der Waals surface area contributed by atoms with Gasteiger partial charge in [0, 0.05) is 25.0 Å². The first-order valence-corrected chi connectivity index (χ1v) is 9.62. The summed E-state index contributed by atoms with van der Waals surface area (Å²) < 4.78 is 25.0. The average Bonchev–Trinajstić information content (AvgIpc) is 3.09. The van der Waals surface area contributed by atoms with Crippen molar-refractivity contribution < 1.29 is 8.42 Å². The van der Waals surface area contributed by atoms with Crippen LogP contribution >= 0.6 is 0 Å². The van der Waals surface area contributed by atoms with Gasteiger partial charge in [0.05, 0.1) is 22.3 Å². The average molecular weight is 341 g/mol. The fraction of sp³-hybridized carbons (Fsp3) is 0.333. The highest BCUT2D eigenvalue weighted by Crippen LogP contribution is 2.31. The lowest BCUT2D eigenvalue weighted by Gasteiger charge is -2.24. The number of hydrogen-bond acceptors (Lipinski definition) is 5. The Balaban J connectivity index is 1.68. The van der Waals surface area contributed by atoms with Gasteiger partial charge in [0.1, 0.15) is 0 Å². The number of hydrogen-bond donors (Lipinski definition) is 0. The molecular formula is C18H19N3O2S. The summed E-state index contributed by atoms with van der Waals surface area (Å²) >= 11 is 0. The minimum absolute atomic E-state index is 0.0838. The maximum absolute atomic E-state index is 12.5. The molecule has 124 valence electrons. The maximum Gasteiger partial charge on any atom is 0.179 e. The number of nitrogens with zero attached hydrogens (tertiary/aromatic N) is 3. The highest BCUT2D eigenvalue weighted by Gasteiger charge is 2.27. The second-order valence-electron chi connectivity index (χ2n) is 5.93. The second kappa shape index (κ2) is 7.12. The summed E-state index contributed by atoms with van der Waals surface area (Å²) in [6, 6.07) is 12.4. The third-order valence-corrected chi connectivity index (χ3v) is 6.15. The summed E-state index contributed by atoms with van der Waals surface area (Å²) in [5, 5.41) is 8.81. The number of likely N-dealkylation sites (tertiary alicyclic amines) is 1. The van der Waals surface area contributed by atoms with Gasteiger partial charge in [-0.2, -0.15) is 5.26 Å². The highest BCUT2D eigenvalue weighted by molar-refractivity contribution is 7.91. The molecule has 2 aromatic rings. The third kappa shape index (κ3) is 3.64. The topological polar surface area (TPSA) is 74.1 Å². The van der Waals surface area contributed by atoms with Crippen molar-refractivity contribution in [3.63, 3.8) is 0 Å². The number of aromatic nitrogens is 1. The Kier molecular flexibility index (Phi) is 4.93. The molecule has 1 aliphatic heterocycles. The van der Waals surface area contributed by atoms with Gasteiger partial charge in [0.25, 0.3) is 0 Å². The molecular weight excluding hydrogens is 322 g/mol. The van der Waals surface area contributed by atoms with Gasteiger partial charge < -0.3 is 0 Å². The van der Waals surface area contributed by atoms with Crippen molar-refractivity contribution in [2.75, 3.05) is 18.8 Å². The Bertz CT molecular complexity index is 827. The molecule has 1 aliphatic rings. The van der Waals surface area contributed by atoms with Gasteiger partial charge in [-0.25, -0.2) is 8.42 Å². The zero-order valence-electron chi connectivity index (χ0n) is 13.3. The molecule has 0 radical (unpaired) electrons. The van der Waals surface area contributed by atoms with Crippen molar-refractivity contribution in [2.45, 2.75) is 23.8 Å². The molecule has 1 fully saturated rings. The van der Waals surface area contributed by atoms with Crippen LogP contribution in [-0.2, 0) is 9.84 Å². The molecule has 0 spiro atoms. The molecule has 0 bridgehead atoms. The predicted octanol–water partition coefficient (Wildman–Crippen LogP) is 2.56. The van der Waals surface area contributed by atoms with E-state index in [4.69, 9.17) is 5.26 Å². The van der Waals surface area contributed by atoms with E-state index in [-0.39, 0.29) is 16.7 Å². The van der Waals surface area contributed by atoms with Crippen LogP contribution in [0.1, 0.15) is 30.0 Å². The molecule has 1 aromatic carbocycles. The molecule has 0 saturated carbocycles. The van der Waals surface area contributed by atoms with Gasteiger partial charge in [-0.1, -0.05) is 0 Å². The number of sulfone groups is 1. The van der Waals surface area contributed by atoms with E-state index < -0.39 is 9.84 Å². The van der Waals surface area contributed by atoms with Gasteiger partial charge in [-0.05, 0) is 61.3 Å². The lowest BCUT2D eigenvalue weighted by Crippen LogP contribution is -2.29. The van der Waals surface area contributed by atoms with Gasteiger partial charge >= 0.3 is 0 Å². The number of rotatable bonds is 5. The molecule has 1 atom stereocenters. The van der Waals surface area contributed by atoms with Gasteiger partial charge in [0.15, 0.2) is 9.84 Å². The number of pyridine rings is 1. The first-order valence-electron chi connectivity index (χ1n) is 7.97. The second-order valence-corrected chi connectivity index (χ2v) is 8.04. The molecule has 0 amide bonds. The minimum atomic E-state index is -3.34. The summed E-state index contributed by atoms with van der Waals surface area (Å²) in [4.78, 5) is 6.56. The van der Waals surface area contributed by atoms with Gasteiger partial charge in [-0.3, -0.25) is 9.88 Å². The van der Waals surface area contributed by atoms with E-state index in [1.165, 1.54) is 17.7 Å². The number of nitriles is 1. The maximum atomic E-state index is 12.5.